The molecule has 1 aromatic carbocycles. The van der Waals surface area contributed by atoms with Gasteiger partial charge in [-0.25, -0.2) is 4.98 Å². The number of nitrogen functional groups attached to an aromatic ring is 1. The van der Waals surface area contributed by atoms with Crippen molar-refractivity contribution in [1.29, 1.82) is 0 Å². The van der Waals surface area contributed by atoms with E-state index in [9.17, 15) is 4.79 Å². The highest BCUT2D eigenvalue weighted by Gasteiger charge is 2.11. The van der Waals surface area contributed by atoms with Crippen LogP contribution >= 0.6 is 34.8 Å². The Balaban J connectivity index is 2.23. The third kappa shape index (κ3) is 3.29. The minimum atomic E-state index is -0.389. The van der Waals surface area contributed by atoms with Gasteiger partial charge in [0.15, 0.2) is 0 Å². The Hall–Kier alpha value is -1.49. The molecule has 7 heteroatoms. The van der Waals surface area contributed by atoms with Crippen molar-refractivity contribution >= 4 is 52.2 Å². The van der Waals surface area contributed by atoms with Gasteiger partial charge in [-0.1, -0.05) is 34.8 Å². The molecular formula is C12H8Cl3N3O. The maximum absolute atomic E-state index is 12.0. The lowest BCUT2D eigenvalue weighted by Gasteiger charge is -2.07. The first-order chi connectivity index (χ1) is 8.97. The van der Waals surface area contributed by atoms with Gasteiger partial charge in [-0.2, -0.15) is 0 Å². The summed E-state index contributed by atoms with van der Waals surface area (Å²) in [6, 6.07) is 6.08. The predicted octanol–water partition coefficient (Wildman–Crippen LogP) is 3.88. The number of carbonyl (C=O) groups excluding carboxylic acids is 1. The second-order valence-corrected chi connectivity index (χ2v) is 4.90. The van der Waals surface area contributed by atoms with Crippen LogP contribution in [0.3, 0.4) is 0 Å². The van der Waals surface area contributed by atoms with Crippen LogP contribution in [0.5, 0.6) is 0 Å². The van der Waals surface area contributed by atoms with Gasteiger partial charge in [0.2, 0.25) is 0 Å². The van der Waals surface area contributed by atoms with Crippen molar-refractivity contribution in [3.8, 4) is 0 Å². The number of nitrogens with two attached hydrogens (primary N) is 1. The van der Waals surface area contributed by atoms with E-state index in [-0.39, 0.29) is 21.6 Å². The van der Waals surface area contributed by atoms with Gasteiger partial charge in [-0.3, -0.25) is 4.79 Å². The molecule has 0 atom stereocenters. The SMILES string of the molecule is Nc1cc(C(=O)Nc2ccc(Cl)cn2)cc(Cl)c1Cl. The van der Waals surface area contributed by atoms with Crippen molar-refractivity contribution in [1.82, 2.24) is 4.98 Å². The van der Waals surface area contributed by atoms with Gasteiger partial charge in [0.05, 0.1) is 20.8 Å². The molecule has 0 spiro atoms. The topological polar surface area (TPSA) is 68.0 Å². The van der Waals surface area contributed by atoms with E-state index < -0.39 is 0 Å². The van der Waals surface area contributed by atoms with Crippen molar-refractivity contribution in [3.05, 3.63) is 51.1 Å². The van der Waals surface area contributed by atoms with Gasteiger partial charge >= 0.3 is 0 Å². The molecule has 19 heavy (non-hydrogen) atoms. The molecule has 0 radical (unpaired) electrons. The largest absolute Gasteiger partial charge is 0.397 e. The van der Waals surface area contributed by atoms with Crippen LogP contribution in [0.2, 0.25) is 15.1 Å². The Morgan fingerprint density at radius 2 is 1.95 bits per heavy atom. The van der Waals surface area contributed by atoms with Crippen LogP contribution in [0.25, 0.3) is 0 Å². The number of rotatable bonds is 2. The predicted molar refractivity (Wildman–Crippen MR) is 78.1 cm³/mol. The third-order valence-corrected chi connectivity index (χ3v) is 3.33. The van der Waals surface area contributed by atoms with E-state index in [0.29, 0.717) is 16.4 Å². The lowest BCUT2D eigenvalue weighted by atomic mass is 10.2. The number of benzene rings is 1. The molecule has 2 rings (SSSR count). The Morgan fingerprint density at radius 3 is 2.53 bits per heavy atom. The van der Waals surface area contributed by atoms with Crippen LogP contribution in [0.1, 0.15) is 10.4 Å². The summed E-state index contributed by atoms with van der Waals surface area (Å²) in [6.45, 7) is 0. The number of aromatic nitrogens is 1. The number of hydrogen-bond donors (Lipinski definition) is 2. The summed E-state index contributed by atoms with van der Waals surface area (Å²) < 4.78 is 0. The number of carbonyl (C=O) groups is 1. The minimum absolute atomic E-state index is 0.218. The van der Waals surface area contributed by atoms with Crippen molar-refractivity contribution < 1.29 is 4.79 Å². The zero-order valence-corrected chi connectivity index (χ0v) is 11.7. The number of nitrogens with one attached hydrogen (secondary N) is 1. The van der Waals surface area contributed by atoms with Crippen molar-refractivity contribution in [2.24, 2.45) is 0 Å². The average Bonchev–Trinajstić information content (AvgIpc) is 2.38. The van der Waals surface area contributed by atoms with Gasteiger partial charge < -0.3 is 11.1 Å². The first-order valence-electron chi connectivity index (χ1n) is 5.15. The second-order valence-electron chi connectivity index (χ2n) is 3.68. The highest BCUT2D eigenvalue weighted by atomic mass is 35.5. The number of hydrogen-bond acceptors (Lipinski definition) is 3. The Morgan fingerprint density at radius 1 is 1.21 bits per heavy atom. The molecule has 1 amide bonds. The molecule has 98 valence electrons. The van der Waals surface area contributed by atoms with Gasteiger partial charge in [0, 0.05) is 11.8 Å². The highest BCUT2D eigenvalue weighted by molar-refractivity contribution is 6.44. The van der Waals surface area contributed by atoms with E-state index in [0.717, 1.165) is 0 Å². The molecule has 1 aromatic heterocycles. The van der Waals surface area contributed by atoms with Crippen LogP contribution in [-0.4, -0.2) is 10.9 Å². The number of halogens is 3. The molecule has 0 saturated carbocycles. The summed E-state index contributed by atoms with van der Waals surface area (Å²) in [5.74, 6) is -0.0147. The van der Waals surface area contributed by atoms with E-state index in [1.165, 1.54) is 18.3 Å². The fourth-order valence-electron chi connectivity index (χ4n) is 1.38. The smallest absolute Gasteiger partial charge is 0.256 e. The molecule has 2 aromatic rings. The van der Waals surface area contributed by atoms with Crippen LogP contribution in [0.4, 0.5) is 11.5 Å². The Bertz CT molecular complexity index is 606. The van der Waals surface area contributed by atoms with Crippen LogP contribution in [0, 0.1) is 0 Å². The summed E-state index contributed by atoms with van der Waals surface area (Å²) in [5, 5.41) is 3.52. The maximum atomic E-state index is 12.0. The van der Waals surface area contributed by atoms with Crippen molar-refractivity contribution in [3.63, 3.8) is 0 Å². The fourth-order valence-corrected chi connectivity index (χ4v) is 1.83. The monoisotopic (exact) mass is 315 g/mol. The molecule has 1 heterocycles. The molecule has 3 N–H and O–H groups in total. The third-order valence-electron chi connectivity index (χ3n) is 2.29. The summed E-state index contributed by atoms with van der Waals surface area (Å²) >= 11 is 17.4. The van der Waals surface area contributed by atoms with Crippen LogP contribution in [0.15, 0.2) is 30.5 Å². The van der Waals surface area contributed by atoms with E-state index in [1.807, 2.05) is 0 Å². The molecule has 0 unspecified atom stereocenters. The van der Waals surface area contributed by atoms with E-state index in [1.54, 1.807) is 12.1 Å². The summed E-state index contributed by atoms with van der Waals surface area (Å²) in [5.41, 5.74) is 6.18. The zero-order valence-electron chi connectivity index (χ0n) is 9.45. The molecular weight excluding hydrogens is 309 g/mol. The molecule has 0 aliphatic carbocycles. The van der Waals surface area contributed by atoms with Gasteiger partial charge in [-0.15, -0.1) is 0 Å². The van der Waals surface area contributed by atoms with Crippen LogP contribution in [-0.2, 0) is 0 Å². The van der Waals surface area contributed by atoms with Crippen LogP contribution < -0.4 is 11.1 Å². The first-order valence-corrected chi connectivity index (χ1v) is 6.28. The first kappa shape index (κ1) is 13.9. The van der Waals surface area contributed by atoms with Gasteiger partial charge in [0.1, 0.15) is 5.82 Å². The summed E-state index contributed by atoms with van der Waals surface area (Å²) in [6.07, 6.45) is 1.43. The highest BCUT2D eigenvalue weighted by Crippen LogP contribution is 2.29. The quantitative estimate of drug-likeness (QED) is 0.826. The number of nitrogens with zero attached hydrogens (tertiary/aromatic N) is 1. The zero-order chi connectivity index (χ0) is 14.0. The van der Waals surface area contributed by atoms with Crippen molar-refractivity contribution in [2.75, 3.05) is 11.1 Å². The molecule has 0 fully saturated rings. The Labute approximate surface area is 124 Å². The second kappa shape index (κ2) is 5.65. The molecule has 0 saturated heterocycles. The lowest BCUT2D eigenvalue weighted by molar-refractivity contribution is 0.102. The fraction of sp³-hybridized carbons (Fsp3) is 0. The molecule has 4 nitrogen and oxygen atoms in total. The Kier molecular flexibility index (Phi) is 4.14. The normalized spacial score (nSPS) is 10.3. The summed E-state index contributed by atoms with van der Waals surface area (Å²) in [7, 11) is 0. The van der Waals surface area contributed by atoms with Gasteiger partial charge in [-0.05, 0) is 24.3 Å². The van der Waals surface area contributed by atoms with E-state index >= 15 is 0 Å². The maximum Gasteiger partial charge on any atom is 0.256 e. The van der Waals surface area contributed by atoms with E-state index in [4.69, 9.17) is 40.5 Å². The van der Waals surface area contributed by atoms with Gasteiger partial charge in [0.25, 0.3) is 5.91 Å². The number of amides is 1. The average molecular weight is 317 g/mol. The number of pyridine rings is 1. The lowest BCUT2D eigenvalue weighted by Crippen LogP contribution is -2.13. The minimum Gasteiger partial charge on any atom is -0.397 e. The number of anilines is 2. The molecule has 0 bridgehead atoms. The molecule has 0 aliphatic heterocycles. The van der Waals surface area contributed by atoms with E-state index in [2.05, 4.69) is 10.3 Å². The standard InChI is InChI=1S/C12H8Cl3N3O/c13-7-1-2-10(17-5-7)18-12(19)6-3-8(14)11(15)9(16)4-6/h1-5H,16H2,(H,17,18,19). The van der Waals surface area contributed by atoms with Crippen molar-refractivity contribution in [2.45, 2.75) is 0 Å². The molecule has 0 aliphatic rings. The summed E-state index contributed by atoms with van der Waals surface area (Å²) in [4.78, 5) is 15.9.